The van der Waals surface area contributed by atoms with Crippen LogP contribution in [-0.4, -0.2) is 34.0 Å². The van der Waals surface area contributed by atoms with E-state index in [0.29, 0.717) is 13.0 Å². The summed E-state index contributed by atoms with van der Waals surface area (Å²) in [5.41, 5.74) is -0.307. The molecule has 0 saturated heterocycles. The third-order valence-corrected chi connectivity index (χ3v) is 2.65. The number of carbonyl (C=O) groups is 2. The fraction of sp³-hybridized carbons (Fsp3) is 0.846. The van der Waals surface area contributed by atoms with Gasteiger partial charge in [0.25, 0.3) is 0 Å². The zero-order chi connectivity index (χ0) is 13.5. The molecular formula is C13H25NO3. The van der Waals surface area contributed by atoms with Crippen molar-refractivity contribution in [1.29, 1.82) is 0 Å². The number of hydrogen-bond donors (Lipinski definition) is 1. The van der Waals surface area contributed by atoms with Gasteiger partial charge in [0.2, 0.25) is 5.91 Å². The number of hydrogen-bond acceptors (Lipinski definition) is 2. The van der Waals surface area contributed by atoms with E-state index in [-0.39, 0.29) is 17.9 Å². The predicted octanol–water partition coefficient (Wildman–Crippen LogP) is 2.67. The number of carbonyl (C=O) groups excluding carboxylic acids is 1. The van der Waals surface area contributed by atoms with Crippen LogP contribution in [0.5, 0.6) is 0 Å². The van der Waals surface area contributed by atoms with Gasteiger partial charge in [-0.25, -0.2) is 0 Å². The highest BCUT2D eigenvalue weighted by Gasteiger charge is 2.26. The average Bonchev–Trinajstić information content (AvgIpc) is 2.15. The van der Waals surface area contributed by atoms with Gasteiger partial charge in [0.05, 0.1) is 6.42 Å². The molecule has 0 bridgehead atoms. The Bertz CT molecular complexity index is 256. The van der Waals surface area contributed by atoms with Gasteiger partial charge in [-0.1, -0.05) is 19.8 Å². The van der Waals surface area contributed by atoms with Crippen molar-refractivity contribution in [2.75, 3.05) is 6.54 Å². The predicted molar refractivity (Wildman–Crippen MR) is 67.9 cm³/mol. The van der Waals surface area contributed by atoms with Crippen molar-refractivity contribution < 1.29 is 14.7 Å². The monoisotopic (exact) mass is 243 g/mol. The summed E-state index contributed by atoms with van der Waals surface area (Å²) in [4.78, 5) is 24.3. The van der Waals surface area contributed by atoms with Crippen molar-refractivity contribution in [3.8, 4) is 0 Å². The molecule has 0 aliphatic heterocycles. The molecule has 0 radical (unpaired) electrons. The molecule has 0 heterocycles. The second-order valence-electron chi connectivity index (χ2n) is 5.32. The number of aliphatic carboxylic acids is 1. The van der Waals surface area contributed by atoms with Crippen LogP contribution in [0, 0.1) is 0 Å². The summed E-state index contributed by atoms with van der Waals surface area (Å²) >= 11 is 0. The fourth-order valence-corrected chi connectivity index (χ4v) is 1.70. The lowest BCUT2D eigenvalue weighted by Crippen LogP contribution is -2.46. The molecule has 0 atom stereocenters. The second kappa shape index (κ2) is 7.30. The van der Waals surface area contributed by atoms with Crippen LogP contribution in [0.2, 0.25) is 0 Å². The highest BCUT2D eigenvalue weighted by molar-refractivity contribution is 5.77. The van der Waals surface area contributed by atoms with Gasteiger partial charge in [-0.2, -0.15) is 0 Å². The zero-order valence-electron chi connectivity index (χ0n) is 11.5. The molecule has 1 amide bonds. The fourth-order valence-electron chi connectivity index (χ4n) is 1.70. The lowest BCUT2D eigenvalue weighted by atomic mass is 10.0. The second-order valence-corrected chi connectivity index (χ2v) is 5.32. The number of unbranched alkanes of at least 4 members (excludes halogenated alkanes) is 2. The molecule has 0 aromatic carbocycles. The Morgan fingerprint density at radius 3 is 2.12 bits per heavy atom. The first-order valence-corrected chi connectivity index (χ1v) is 6.31. The van der Waals surface area contributed by atoms with E-state index in [9.17, 15) is 9.59 Å². The van der Waals surface area contributed by atoms with Crippen molar-refractivity contribution in [1.82, 2.24) is 4.90 Å². The molecule has 0 aromatic heterocycles. The third kappa shape index (κ3) is 6.97. The standard InChI is InChI=1S/C13H25NO3/c1-5-6-7-8-11(15)14(13(2,3)4)10-9-12(16)17/h5-10H2,1-4H3,(H,16,17). The normalized spacial score (nSPS) is 11.3. The number of rotatable bonds is 7. The van der Waals surface area contributed by atoms with Crippen LogP contribution in [0.25, 0.3) is 0 Å². The first kappa shape index (κ1) is 15.9. The number of amides is 1. The van der Waals surface area contributed by atoms with Gasteiger partial charge >= 0.3 is 5.97 Å². The van der Waals surface area contributed by atoms with E-state index >= 15 is 0 Å². The maximum absolute atomic E-state index is 12.0. The Morgan fingerprint density at radius 2 is 1.71 bits per heavy atom. The maximum Gasteiger partial charge on any atom is 0.305 e. The molecule has 1 N–H and O–H groups in total. The van der Waals surface area contributed by atoms with Crippen LogP contribution >= 0.6 is 0 Å². The summed E-state index contributed by atoms with van der Waals surface area (Å²) in [6, 6.07) is 0. The van der Waals surface area contributed by atoms with Gasteiger partial charge in [-0.15, -0.1) is 0 Å². The minimum absolute atomic E-state index is 0.0107. The van der Waals surface area contributed by atoms with Crippen LogP contribution in [0.4, 0.5) is 0 Å². The maximum atomic E-state index is 12.0. The molecule has 100 valence electrons. The van der Waals surface area contributed by atoms with E-state index in [1.165, 1.54) is 0 Å². The summed E-state index contributed by atoms with van der Waals surface area (Å²) < 4.78 is 0. The topological polar surface area (TPSA) is 57.6 Å². The van der Waals surface area contributed by atoms with E-state index in [1.807, 2.05) is 20.8 Å². The number of carboxylic acids is 1. The molecule has 0 spiro atoms. The summed E-state index contributed by atoms with van der Waals surface area (Å²) in [6.07, 6.45) is 3.54. The van der Waals surface area contributed by atoms with Crippen LogP contribution in [0.1, 0.15) is 59.8 Å². The summed E-state index contributed by atoms with van der Waals surface area (Å²) in [5, 5.41) is 8.69. The molecule has 0 aromatic rings. The smallest absolute Gasteiger partial charge is 0.305 e. The first-order valence-electron chi connectivity index (χ1n) is 6.31. The van der Waals surface area contributed by atoms with Crippen molar-refractivity contribution in [3.05, 3.63) is 0 Å². The van der Waals surface area contributed by atoms with Gasteiger partial charge in [-0.05, 0) is 27.2 Å². The van der Waals surface area contributed by atoms with Crippen LogP contribution in [0.15, 0.2) is 0 Å². The van der Waals surface area contributed by atoms with Crippen LogP contribution in [0.3, 0.4) is 0 Å². The van der Waals surface area contributed by atoms with Gasteiger partial charge in [0.15, 0.2) is 0 Å². The van der Waals surface area contributed by atoms with E-state index in [0.717, 1.165) is 19.3 Å². The summed E-state index contributed by atoms with van der Waals surface area (Å²) in [6.45, 7) is 8.20. The van der Waals surface area contributed by atoms with E-state index in [1.54, 1.807) is 4.90 Å². The molecule has 4 nitrogen and oxygen atoms in total. The Kier molecular flexibility index (Phi) is 6.85. The van der Waals surface area contributed by atoms with Gasteiger partial charge < -0.3 is 10.0 Å². The van der Waals surface area contributed by atoms with Gasteiger partial charge in [0.1, 0.15) is 0 Å². The highest BCUT2D eigenvalue weighted by Crippen LogP contribution is 2.16. The molecule has 0 aliphatic rings. The largest absolute Gasteiger partial charge is 0.481 e. The Hall–Kier alpha value is -1.06. The first-order chi connectivity index (χ1) is 7.79. The van der Waals surface area contributed by atoms with Gasteiger partial charge in [0, 0.05) is 18.5 Å². The van der Waals surface area contributed by atoms with E-state index in [4.69, 9.17) is 5.11 Å². The van der Waals surface area contributed by atoms with Gasteiger partial charge in [-0.3, -0.25) is 9.59 Å². The minimum Gasteiger partial charge on any atom is -0.481 e. The van der Waals surface area contributed by atoms with Crippen molar-refractivity contribution in [2.24, 2.45) is 0 Å². The molecular weight excluding hydrogens is 218 g/mol. The Labute approximate surface area is 104 Å². The number of nitrogens with zero attached hydrogens (tertiary/aromatic N) is 1. The minimum atomic E-state index is -0.861. The zero-order valence-corrected chi connectivity index (χ0v) is 11.5. The molecule has 4 heteroatoms. The lowest BCUT2D eigenvalue weighted by Gasteiger charge is -2.35. The quantitative estimate of drug-likeness (QED) is 0.699. The van der Waals surface area contributed by atoms with Crippen molar-refractivity contribution in [2.45, 2.75) is 65.3 Å². The molecule has 0 rings (SSSR count). The summed E-state index contributed by atoms with van der Waals surface area (Å²) in [5.74, 6) is -0.798. The molecule has 0 aliphatic carbocycles. The van der Waals surface area contributed by atoms with Crippen molar-refractivity contribution in [3.63, 3.8) is 0 Å². The van der Waals surface area contributed by atoms with Crippen molar-refractivity contribution >= 4 is 11.9 Å². The molecule has 17 heavy (non-hydrogen) atoms. The Morgan fingerprint density at radius 1 is 1.12 bits per heavy atom. The van der Waals surface area contributed by atoms with Crippen LogP contribution in [-0.2, 0) is 9.59 Å². The SMILES string of the molecule is CCCCCC(=O)N(CCC(=O)O)C(C)(C)C. The van der Waals surface area contributed by atoms with Crippen LogP contribution < -0.4 is 0 Å². The Balaban J connectivity index is 4.36. The molecule has 0 saturated carbocycles. The highest BCUT2D eigenvalue weighted by atomic mass is 16.4. The van der Waals surface area contributed by atoms with E-state index in [2.05, 4.69) is 6.92 Å². The average molecular weight is 243 g/mol. The lowest BCUT2D eigenvalue weighted by molar-refractivity contribution is -0.140. The number of carboxylic acid groups (broad SMARTS) is 1. The van der Waals surface area contributed by atoms with E-state index < -0.39 is 5.97 Å². The molecule has 0 unspecified atom stereocenters. The summed E-state index contributed by atoms with van der Waals surface area (Å²) in [7, 11) is 0. The third-order valence-electron chi connectivity index (χ3n) is 2.65. The molecule has 0 fully saturated rings.